The average molecular weight is 155 g/mol. The highest BCUT2D eigenvalue weighted by Crippen LogP contribution is 1.98. The highest BCUT2D eigenvalue weighted by Gasteiger charge is 2.19. The molecule has 0 aromatic rings. The van der Waals surface area contributed by atoms with Gasteiger partial charge in [-0.3, -0.25) is 4.79 Å². The lowest BCUT2D eigenvalue weighted by atomic mass is 10.1. The number of hydrogen-bond donors (Lipinski definition) is 2. The first-order chi connectivity index (χ1) is 4.89. The number of carbonyl (C=O) groups excluding carboxylic acids is 1. The number of carbonyl (C=O) groups is 1. The third kappa shape index (κ3) is 3.64. The molecule has 0 aromatic carbocycles. The van der Waals surface area contributed by atoms with Crippen LogP contribution in [0.3, 0.4) is 0 Å². The van der Waals surface area contributed by atoms with Crippen molar-refractivity contribution in [2.45, 2.75) is 32.4 Å². The summed E-state index contributed by atoms with van der Waals surface area (Å²) in [5.74, 6) is 1.93. The number of nitrogens with one attached hydrogen (secondary N) is 1. The van der Waals surface area contributed by atoms with E-state index in [0.29, 0.717) is 0 Å². The first-order valence-electron chi connectivity index (χ1n) is 3.37. The Bertz CT molecular complexity index is 189. The second-order valence-electron chi connectivity index (χ2n) is 2.93. The fraction of sp³-hybridized carbons (Fsp3) is 0.625. The van der Waals surface area contributed by atoms with Crippen LogP contribution in [0.25, 0.3) is 0 Å². The van der Waals surface area contributed by atoms with Crippen LogP contribution in [0.4, 0.5) is 0 Å². The summed E-state index contributed by atoms with van der Waals surface area (Å²) in [7, 11) is 0. The highest BCUT2D eigenvalue weighted by atomic mass is 16.3. The summed E-state index contributed by atoms with van der Waals surface area (Å²) < 4.78 is 0. The molecule has 1 amide bonds. The van der Waals surface area contributed by atoms with E-state index < -0.39 is 17.6 Å². The maximum atomic E-state index is 10.9. The molecule has 0 radical (unpaired) electrons. The molecular weight excluding hydrogens is 142 g/mol. The van der Waals surface area contributed by atoms with E-state index in [1.165, 1.54) is 6.92 Å². The molecule has 2 N–H and O–H groups in total. The van der Waals surface area contributed by atoms with Crippen molar-refractivity contribution in [3.63, 3.8) is 0 Å². The van der Waals surface area contributed by atoms with E-state index >= 15 is 0 Å². The highest BCUT2D eigenvalue weighted by molar-refractivity contribution is 5.81. The standard InChI is InChI=1S/C8H13NO2/c1-5-8(3,4)9-7(11)6(2)10/h1,6,10H,2-4H3,(H,9,11)/t6-/m0/s1. The van der Waals surface area contributed by atoms with Gasteiger partial charge in [-0.15, -0.1) is 6.42 Å². The summed E-state index contributed by atoms with van der Waals surface area (Å²) in [6.45, 7) is 4.77. The van der Waals surface area contributed by atoms with E-state index in [-0.39, 0.29) is 0 Å². The summed E-state index contributed by atoms with van der Waals surface area (Å²) >= 11 is 0. The topological polar surface area (TPSA) is 49.3 Å². The SMILES string of the molecule is C#CC(C)(C)NC(=O)[C@H](C)O. The van der Waals surface area contributed by atoms with Crippen molar-refractivity contribution in [3.05, 3.63) is 0 Å². The third-order valence-corrected chi connectivity index (χ3v) is 1.18. The Morgan fingerprint density at radius 3 is 2.45 bits per heavy atom. The number of aliphatic hydroxyl groups is 1. The van der Waals surface area contributed by atoms with Gasteiger partial charge in [0.25, 0.3) is 0 Å². The average Bonchev–Trinajstić information content (AvgIpc) is 1.87. The van der Waals surface area contributed by atoms with Crippen molar-refractivity contribution in [1.82, 2.24) is 5.32 Å². The van der Waals surface area contributed by atoms with Gasteiger partial charge in [-0.1, -0.05) is 5.92 Å². The Kier molecular flexibility index (Phi) is 3.09. The summed E-state index contributed by atoms with van der Waals surface area (Å²) in [6.07, 6.45) is 4.10. The van der Waals surface area contributed by atoms with Crippen molar-refractivity contribution in [1.29, 1.82) is 0 Å². The summed E-state index contributed by atoms with van der Waals surface area (Å²) in [6, 6.07) is 0. The molecule has 3 heteroatoms. The van der Waals surface area contributed by atoms with Crippen LogP contribution in [0, 0.1) is 12.3 Å². The van der Waals surface area contributed by atoms with Crippen LogP contribution in [0.5, 0.6) is 0 Å². The zero-order valence-electron chi connectivity index (χ0n) is 7.01. The Balaban J connectivity index is 4.08. The first kappa shape index (κ1) is 9.99. The molecule has 0 aliphatic heterocycles. The maximum absolute atomic E-state index is 10.9. The Hall–Kier alpha value is -1.01. The summed E-state index contributed by atoms with van der Waals surface area (Å²) in [5.41, 5.74) is -0.686. The van der Waals surface area contributed by atoms with Gasteiger partial charge in [0.1, 0.15) is 6.10 Å². The van der Waals surface area contributed by atoms with Gasteiger partial charge in [-0.05, 0) is 20.8 Å². The molecule has 0 bridgehead atoms. The lowest BCUT2D eigenvalue weighted by Crippen LogP contribution is -2.46. The van der Waals surface area contributed by atoms with Crippen molar-refractivity contribution >= 4 is 5.91 Å². The largest absolute Gasteiger partial charge is 0.384 e. The molecule has 11 heavy (non-hydrogen) atoms. The number of hydrogen-bond acceptors (Lipinski definition) is 2. The van der Waals surface area contributed by atoms with E-state index in [1.54, 1.807) is 13.8 Å². The minimum Gasteiger partial charge on any atom is -0.384 e. The molecule has 0 saturated carbocycles. The van der Waals surface area contributed by atoms with E-state index in [4.69, 9.17) is 11.5 Å². The zero-order chi connectivity index (χ0) is 9.07. The van der Waals surface area contributed by atoms with Crippen LogP contribution in [0.15, 0.2) is 0 Å². The molecule has 0 saturated heterocycles. The number of aliphatic hydroxyl groups excluding tert-OH is 1. The van der Waals surface area contributed by atoms with Crippen LogP contribution >= 0.6 is 0 Å². The Labute approximate surface area is 66.8 Å². The quantitative estimate of drug-likeness (QED) is 0.547. The molecule has 0 spiro atoms. The molecule has 1 atom stereocenters. The molecule has 0 heterocycles. The van der Waals surface area contributed by atoms with Crippen molar-refractivity contribution in [2.24, 2.45) is 0 Å². The molecule has 0 fully saturated rings. The van der Waals surface area contributed by atoms with Gasteiger partial charge in [0.15, 0.2) is 0 Å². The smallest absolute Gasteiger partial charge is 0.249 e. The van der Waals surface area contributed by atoms with E-state index in [2.05, 4.69) is 11.2 Å². The molecule has 3 nitrogen and oxygen atoms in total. The van der Waals surface area contributed by atoms with Crippen LogP contribution in [-0.2, 0) is 4.79 Å². The van der Waals surface area contributed by atoms with Crippen molar-refractivity contribution < 1.29 is 9.90 Å². The zero-order valence-corrected chi connectivity index (χ0v) is 7.01. The first-order valence-corrected chi connectivity index (χ1v) is 3.37. The van der Waals surface area contributed by atoms with Crippen LogP contribution in [0.1, 0.15) is 20.8 Å². The van der Waals surface area contributed by atoms with Gasteiger partial charge in [0.05, 0.1) is 5.54 Å². The lowest BCUT2D eigenvalue weighted by Gasteiger charge is -2.20. The van der Waals surface area contributed by atoms with Gasteiger partial charge in [0, 0.05) is 0 Å². The fourth-order valence-corrected chi connectivity index (χ4v) is 0.449. The summed E-state index contributed by atoms with van der Waals surface area (Å²) in [5, 5.41) is 11.3. The Morgan fingerprint density at radius 1 is 1.73 bits per heavy atom. The second-order valence-corrected chi connectivity index (χ2v) is 2.93. The van der Waals surface area contributed by atoms with E-state index in [9.17, 15) is 4.79 Å². The monoisotopic (exact) mass is 155 g/mol. The third-order valence-electron chi connectivity index (χ3n) is 1.18. The number of rotatable bonds is 2. The molecule has 0 unspecified atom stereocenters. The minimum absolute atomic E-state index is 0.451. The van der Waals surface area contributed by atoms with Crippen molar-refractivity contribution in [3.8, 4) is 12.3 Å². The molecular formula is C8H13NO2. The molecule has 0 aliphatic carbocycles. The van der Waals surface area contributed by atoms with Crippen LogP contribution < -0.4 is 5.32 Å². The molecule has 0 aliphatic rings. The molecule has 0 aromatic heterocycles. The van der Waals surface area contributed by atoms with Crippen LogP contribution in [-0.4, -0.2) is 22.7 Å². The molecule has 62 valence electrons. The number of terminal acetylenes is 1. The van der Waals surface area contributed by atoms with Crippen molar-refractivity contribution in [2.75, 3.05) is 0 Å². The number of amides is 1. The van der Waals surface area contributed by atoms with Gasteiger partial charge >= 0.3 is 0 Å². The van der Waals surface area contributed by atoms with Gasteiger partial charge < -0.3 is 10.4 Å². The van der Waals surface area contributed by atoms with E-state index in [0.717, 1.165) is 0 Å². The summed E-state index contributed by atoms with van der Waals surface area (Å²) in [4.78, 5) is 10.9. The fourth-order valence-electron chi connectivity index (χ4n) is 0.449. The van der Waals surface area contributed by atoms with Gasteiger partial charge in [-0.2, -0.15) is 0 Å². The predicted molar refractivity (Wildman–Crippen MR) is 42.7 cm³/mol. The minimum atomic E-state index is -1.01. The lowest BCUT2D eigenvalue weighted by molar-refractivity contribution is -0.129. The maximum Gasteiger partial charge on any atom is 0.249 e. The van der Waals surface area contributed by atoms with E-state index in [1.807, 2.05) is 0 Å². The Morgan fingerprint density at radius 2 is 2.18 bits per heavy atom. The second kappa shape index (κ2) is 3.40. The normalized spacial score (nSPS) is 13.4. The van der Waals surface area contributed by atoms with Crippen LogP contribution in [0.2, 0.25) is 0 Å². The predicted octanol–water partition coefficient (Wildman–Crippen LogP) is -0.105. The molecule has 0 rings (SSSR count). The van der Waals surface area contributed by atoms with Gasteiger partial charge in [0.2, 0.25) is 5.91 Å². The van der Waals surface area contributed by atoms with Gasteiger partial charge in [-0.25, -0.2) is 0 Å².